The number of rotatable bonds is 3. The Morgan fingerprint density at radius 3 is 2.46 bits per heavy atom. The highest BCUT2D eigenvalue weighted by Gasteiger charge is 2.30. The van der Waals surface area contributed by atoms with Crippen LogP contribution in [0.15, 0.2) is 0 Å². The molecule has 7 heteroatoms. The Morgan fingerprint density at radius 1 is 1.08 bits per heavy atom. The summed E-state index contributed by atoms with van der Waals surface area (Å²) in [4.78, 5) is 33.9. The summed E-state index contributed by atoms with van der Waals surface area (Å²) in [7, 11) is 2.06. The lowest BCUT2D eigenvalue weighted by molar-refractivity contribution is 0.0645. The standard InChI is InChI=1S/C17H27N5O2/c1-12(2)18-16(23)14-13-6-4-5-7-22(13)15(19-14)17(24)21-10-8-20(3)9-11-21/h12H,4-11H2,1-3H3,(H,18,23). The Balaban J connectivity index is 1.89. The van der Waals surface area contributed by atoms with Crippen LogP contribution in [0, 0.1) is 0 Å². The lowest BCUT2D eigenvalue weighted by Gasteiger charge is -2.32. The maximum absolute atomic E-state index is 12.9. The smallest absolute Gasteiger partial charge is 0.289 e. The van der Waals surface area contributed by atoms with Gasteiger partial charge in [0.05, 0.1) is 5.69 Å². The van der Waals surface area contributed by atoms with E-state index in [1.165, 1.54) is 0 Å². The van der Waals surface area contributed by atoms with Gasteiger partial charge in [0.15, 0.2) is 5.82 Å². The third-order valence-electron chi connectivity index (χ3n) is 4.73. The van der Waals surface area contributed by atoms with Gasteiger partial charge in [-0.2, -0.15) is 0 Å². The van der Waals surface area contributed by atoms with E-state index in [2.05, 4.69) is 22.2 Å². The molecule has 24 heavy (non-hydrogen) atoms. The van der Waals surface area contributed by atoms with Crippen LogP contribution in [0.1, 0.15) is 53.5 Å². The Morgan fingerprint density at radius 2 is 1.79 bits per heavy atom. The van der Waals surface area contributed by atoms with Gasteiger partial charge in [-0.05, 0) is 40.2 Å². The van der Waals surface area contributed by atoms with Gasteiger partial charge in [-0.15, -0.1) is 0 Å². The van der Waals surface area contributed by atoms with Gasteiger partial charge in [-0.1, -0.05) is 0 Å². The molecular weight excluding hydrogens is 306 g/mol. The van der Waals surface area contributed by atoms with Crippen molar-refractivity contribution in [1.29, 1.82) is 0 Å². The fraction of sp³-hybridized carbons (Fsp3) is 0.706. The van der Waals surface area contributed by atoms with Crippen LogP contribution in [0.5, 0.6) is 0 Å². The zero-order valence-corrected chi connectivity index (χ0v) is 14.8. The summed E-state index contributed by atoms with van der Waals surface area (Å²) in [5.74, 6) is 0.214. The van der Waals surface area contributed by atoms with Gasteiger partial charge in [0.1, 0.15) is 5.69 Å². The maximum Gasteiger partial charge on any atom is 0.289 e. The summed E-state index contributed by atoms with van der Waals surface area (Å²) in [5, 5.41) is 2.90. The average molecular weight is 333 g/mol. The number of imidazole rings is 1. The summed E-state index contributed by atoms with van der Waals surface area (Å²) < 4.78 is 1.97. The van der Waals surface area contributed by atoms with Crippen molar-refractivity contribution in [2.75, 3.05) is 33.2 Å². The maximum atomic E-state index is 12.9. The topological polar surface area (TPSA) is 70.5 Å². The minimum absolute atomic E-state index is 0.0464. The van der Waals surface area contributed by atoms with Crippen LogP contribution < -0.4 is 5.32 Å². The number of amides is 2. The number of fused-ring (bicyclic) bond motifs is 1. The van der Waals surface area contributed by atoms with Crippen LogP contribution in [0.2, 0.25) is 0 Å². The van der Waals surface area contributed by atoms with E-state index in [1.807, 2.05) is 23.3 Å². The van der Waals surface area contributed by atoms with Crippen molar-refractivity contribution in [2.24, 2.45) is 0 Å². The second-order valence-electron chi connectivity index (χ2n) is 7.06. The van der Waals surface area contributed by atoms with Gasteiger partial charge >= 0.3 is 0 Å². The van der Waals surface area contributed by atoms with E-state index < -0.39 is 0 Å². The highest BCUT2D eigenvalue weighted by molar-refractivity contribution is 5.97. The number of likely N-dealkylation sites (N-methyl/N-ethyl adjacent to an activating group) is 1. The molecule has 0 radical (unpaired) electrons. The molecule has 0 saturated carbocycles. The fourth-order valence-corrected chi connectivity index (χ4v) is 3.37. The number of carbonyl (C=O) groups excluding carboxylic acids is 2. The van der Waals surface area contributed by atoms with Crippen molar-refractivity contribution in [3.8, 4) is 0 Å². The highest BCUT2D eigenvalue weighted by Crippen LogP contribution is 2.22. The van der Waals surface area contributed by atoms with Gasteiger partial charge in [-0.25, -0.2) is 4.98 Å². The molecule has 2 aliphatic heterocycles. The number of carbonyl (C=O) groups is 2. The third-order valence-corrected chi connectivity index (χ3v) is 4.73. The number of aromatic nitrogens is 2. The van der Waals surface area contributed by atoms with E-state index in [0.29, 0.717) is 24.6 Å². The van der Waals surface area contributed by atoms with Crippen molar-refractivity contribution in [2.45, 2.75) is 45.7 Å². The number of piperazine rings is 1. The van der Waals surface area contributed by atoms with Crippen LogP contribution in [0.25, 0.3) is 0 Å². The normalized spacial score (nSPS) is 18.6. The van der Waals surface area contributed by atoms with Crippen LogP contribution in [0.3, 0.4) is 0 Å². The van der Waals surface area contributed by atoms with Crippen molar-refractivity contribution < 1.29 is 9.59 Å². The van der Waals surface area contributed by atoms with Crippen LogP contribution in [-0.4, -0.2) is 70.4 Å². The third kappa shape index (κ3) is 3.31. The van der Waals surface area contributed by atoms with Gasteiger partial charge < -0.3 is 19.7 Å². The average Bonchev–Trinajstić information content (AvgIpc) is 2.94. The molecule has 132 valence electrons. The molecule has 7 nitrogen and oxygen atoms in total. The molecule has 0 atom stereocenters. The zero-order chi connectivity index (χ0) is 17.3. The Labute approximate surface area is 143 Å². The fourth-order valence-electron chi connectivity index (χ4n) is 3.37. The van der Waals surface area contributed by atoms with Crippen LogP contribution in [-0.2, 0) is 13.0 Å². The van der Waals surface area contributed by atoms with E-state index >= 15 is 0 Å². The lowest BCUT2D eigenvalue weighted by atomic mass is 10.1. The molecule has 2 aliphatic rings. The Bertz CT molecular complexity index is 629. The monoisotopic (exact) mass is 333 g/mol. The molecule has 1 fully saturated rings. The summed E-state index contributed by atoms with van der Waals surface area (Å²) in [6.45, 7) is 7.80. The van der Waals surface area contributed by atoms with Crippen molar-refractivity contribution >= 4 is 11.8 Å². The summed E-state index contributed by atoms with van der Waals surface area (Å²) >= 11 is 0. The summed E-state index contributed by atoms with van der Waals surface area (Å²) in [5.41, 5.74) is 1.35. The second-order valence-corrected chi connectivity index (χ2v) is 7.06. The minimum atomic E-state index is -0.173. The predicted octanol–water partition coefficient (Wildman–Crippen LogP) is 0.745. The Kier molecular flexibility index (Phi) is 4.89. The first-order chi connectivity index (χ1) is 11.5. The van der Waals surface area contributed by atoms with Gasteiger partial charge in [-0.3, -0.25) is 9.59 Å². The van der Waals surface area contributed by atoms with Gasteiger partial charge in [0, 0.05) is 38.8 Å². The first kappa shape index (κ1) is 17.0. The highest BCUT2D eigenvalue weighted by atomic mass is 16.2. The number of hydrogen-bond acceptors (Lipinski definition) is 4. The lowest BCUT2D eigenvalue weighted by Crippen LogP contribution is -2.47. The molecule has 0 aliphatic carbocycles. The predicted molar refractivity (Wildman–Crippen MR) is 91.2 cm³/mol. The van der Waals surface area contributed by atoms with Gasteiger partial charge in [0.25, 0.3) is 11.8 Å². The SMILES string of the molecule is CC(C)NC(=O)c1nc(C(=O)N2CCN(C)CC2)n2c1CCCC2. The Hall–Kier alpha value is -1.89. The molecule has 1 saturated heterocycles. The molecular formula is C17H27N5O2. The molecule has 3 rings (SSSR count). The molecule has 3 heterocycles. The van der Waals surface area contributed by atoms with E-state index in [1.54, 1.807) is 0 Å². The van der Waals surface area contributed by atoms with Crippen molar-refractivity contribution in [1.82, 2.24) is 24.7 Å². The molecule has 1 aromatic rings. The largest absolute Gasteiger partial charge is 0.348 e. The number of hydrogen-bond donors (Lipinski definition) is 1. The van der Waals surface area contributed by atoms with E-state index in [4.69, 9.17) is 0 Å². The molecule has 0 spiro atoms. The molecule has 0 aromatic carbocycles. The van der Waals surface area contributed by atoms with Crippen molar-refractivity contribution in [3.63, 3.8) is 0 Å². The number of nitrogens with one attached hydrogen (secondary N) is 1. The van der Waals surface area contributed by atoms with Crippen LogP contribution >= 0.6 is 0 Å². The van der Waals surface area contributed by atoms with Crippen molar-refractivity contribution in [3.05, 3.63) is 17.2 Å². The first-order valence-corrected chi connectivity index (χ1v) is 8.85. The molecule has 0 unspecified atom stereocenters. The molecule has 0 bridgehead atoms. The molecule has 2 amide bonds. The van der Waals surface area contributed by atoms with Crippen LogP contribution in [0.4, 0.5) is 0 Å². The second kappa shape index (κ2) is 6.93. The van der Waals surface area contributed by atoms with E-state index in [9.17, 15) is 9.59 Å². The number of nitrogens with zero attached hydrogens (tertiary/aromatic N) is 4. The first-order valence-electron chi connectivity index (χ1n) is 8.85. The molecule has 1 N–H and O–H groups in total. The van der Waals surface area contributed by atoms with E-state index in [0.717, 1.165) is 44.6 Å². The molecule has 1 aromatic heterocycles. The zero-order valence-electron chi connectivity index (χ0n) is 14.8. The quantitative estimate of drug-likeness (QED) is 0.886. The van der Waals surface area contributed by atoms with E-state index in [-0.39, 0.29) is 17.9 Å². The minimum Gasteiger partial charge on any atom is -0.348 e. The van der Waals surface area contributed by atoms with Gasteiger partial charge in [0.2, 0.25) is 0 Å². The summed E-state index contributed by atoms with van der Waals surface area (Å²) in [6.07, 6.45) is 2.87. The summed E-state index contributed by atoms with van der Waals surface area (Å²) in [6, 6.07) is 0.0511.